The van der Waals surface area contributed by atoms with Gasteiger partial charge in [0.25, 0.3) is 0 Å². The second-order valence-electron chi connectivity index (χ2n) is 3.02. The van der Waals surface area contributed by atoms with Crippen LogP contribution in [0.15, 0.2) is 52.0 Å². The highest BCUT2D eigenvalue weighted by Gasteiger charge is 2.02. The lowest BCUT2D eigenvalue weighted by Crippen LogP contribution is -1.84. The fourth-order valence-electron chi connectivity index (χ4n) is 1.25. The van der Waals surface area contributed by atoms with Crippen molar-refractivity contribution < 1.29 is 9.21 Å². The highest BCUT2D eigenvalue weighted by atomic mass is 32.2. The fourth-order valence-corrected chi connectivity index (χ4v) is 2.17. The summed E-state index contributed by atoms with van der Waals surface area (Å²) in [4.78, 5) is 11.7. The summed E-state index contributed by atoms with van der Waals surface area (Å²) < 4.78 is 5.22. The lowest BCUT2D eigenvalue weighted by molar-refractivity contribution is 0.112. The first-order valence-corrected chi connectivity index (χ1v) is 5.58. The molecular weight excluding hydrogens is 208 g/mol. The Bertz CT molecular complexity index is 435. The normalized spacial score (nSPS) is 10.1. The maximum Gasteiger partial charge on any atom is 0.151 e. The van der Waals surface area contributed by atoms with Crippen molar-refractivity contribution in [2.75, 3.05) is 0 Å². The molecule has 0 N–H and O–H groups in total. The van der Waals surface area contributed by atoms with Crippen LogP contribution in [0, 0.1) is 0 Å². The SMILES string of the molecule is O=Cc1ccccc1SCc1ccco1. The minimum absolute atomic E-state index is 0.731. The molecule has 2 rings (SSSR count). The third kappa shape index (κ3) is 2.50. The summed E-state index contributed by atoms with van der Waals surface area (Å²) in [6, 6.07) is 11.3. The van der Waals surface area contributed by atoms with Gasteiger partial charge in [0.2, 0.25) is 0 Å². The number of carbonyl (C=O) groups excluding carboxylic acids is 1. The molecule has 0 atom stereocenters. The highest BCUT2D eigenvalue weighted by Crippen LogP contribution is 2.25. The van der Waals surface area contributed by atoms with Crippen molar-refractivity contribution in [2.45, 2.75) is 10.6 Å². The second-order valence-corrected chi connectivity index (χ2v) is 4.04. The van der Waals surface area contributed by atoms with Gasteiger partial charge >= 0.3 is 0 Å². The zero-order valence-electron chi connectivity index (χ0n) is 8.05. The minimum Gasteiger partial charge on any atom is -0.468 e. The number of aldehydes is 1. The molecule has 0 unspecified atom stereocenters. The van der Waals surface area contributed by atoms with Gasteiger partial charge in [0, 0.05) is 10.5 Å². The van der Waals surface area contributed by atoms with Crippen molar-refractivity contribution in [3.63, 3.8) is 0 Å². The first kappa shape index (κ1) is 10.1. The second kappa shape index (κ2) is 4.84. The number of carbonyl (C=O) groups is 1. The average Bonchev–Trinajstić information content (AvgIpc) is 2.79. The molecule has 0 fully saturated rings. The third-order valence-electron chi connectivity index (χ3n) is 2.00. The van der Waals surface area contributed by atoms with Crippen LogP contribution in [0.3, 0.4) is 0 Å². The third-order valence-corrected chi connectivity index (χ3v) is 3.11. The molecule has 0 spiro atoms. The summed E-state index contributed by atoms with van der Waals surface area (Å²) in [7, 11) is 0. The van der Waals surface area contributed by atoms with Crippen LogP contribution >= 0.6 is 11.8 Å². The molecule has 0 amide bonds. The van der Waals surface area contributed by atoms with E-state index in [1.54, 1.807) is 18.0 Å². The molecule has 0 saturated heterocycles. The standard InChI is InChI=1S/C12H10O2S/c13-8-10-4-1-2-6-12(10)15-9-11-5-3-7-14-11/h1-8H,9H2. The Labute approximate surface area is 92.3 Å². The van der Waals surface area contributed by atoms with E-state index in [2.05, 4.69) is 0 Å². The van der Waals surface area contributed by atoms with Gasteiger partial charge in [-0.15, -0.1) is 11.8 Å². The van der Waals surface area contributed by atoms with Crippen LogP contribution in [0.2, 0.25) is 0 Å². The van der Waals surface area contributed by atoms with Gasteiger partial charge in [-0.25, -0.2) is 0 Å². The van der Waals surface area contributed by atoms with Gasteiger partial charge in [-0.3, -0.25) is 4.79 Å². The van der Waals surface area contributed by atoms with Gasteiger partial charge in [-0.1, -0.05) is 18.2 Å². The molecule has 1 aromatic heterocycles. The van der Waals surface area contributed by atoms with Gasteiger partial charge in [-0.05, 0) is 18.2 Å². The number of rotatable bonds is 4. The summed E-state index contributed by atoms with van der Waals surface area (Å²) in [5.74, 6) is 1.67. The van der Waals surface area contributed by atoms with Crippen molar-refractivity contribution in [3.05, 3.63) is 54.0 Å². The van der Waals surface area contributed by atoms with E-state index in [4.69, 9.17) is 4.42 Å². The fraction of sp³-hybridized carbons (Fsp3) is 0.0833. The van der Waals surface area contributed by atoms with Crippen LogP contribution in [-0.4, -0.2) is 6.29 Å². The van der Waals surface area contributed by atoms with E-state index in [0.29, 0.717) is 0 Å². The number of benzene rings is 1. The molecular formula is C12H10O2S. The van der Waals surface area contributed by atoms with Crippen molar-refractivity contribution >= 4 is 18.0 Å². The maximum atomic E-state index is 10.8. The van der Waals surface area contributed by atoms with E-state index in [9.17, 15) is 4.79 Å². The number of hydrogen-bond acceptors (Lipinski definition) is 3. The first-order valence-electron chi connectivity index (χ1n) is 4.59. The molecule has 2 aromatic rings. The molecule has 76 valence electrons. The van der Waals surface area contributed by atoms with Gasteiger partial charge in [-0.2, -0.15) is 0 Å². The van der Waals surface area contributed by atoms with Crippen LogP contribution in [0.5, 0.6) is 0 Å². The zero-order valence-corrected chi connectivity index (χ0v) is 8.87. The number of thioether (sulfide) groups is 1. The molecule has 0 aliphatic rings. The number of furan rings is 1. The Hall–Kier alpha value is -1.48. The largest absolute Gasteiger partial charge is 0.468 e. The lowest BCUT2D eigenvalue weighted by atomic mass is 10.2. The summed E-state index contributed by atoms with van der Waals surface area (Å²) >= 11 is 1.60. The Morgan fingerprint density at radius 3 is 2.80 bits per heavy atom. The Morgan fingerprint density at radius 2 is 2.07 bits per heavy atom. The molecule has 3 heteroatoms. The van der Waals surface area contributed by atoms with E-state index in [1.165, 1.54) is 0 Å². The molecule has 0 aliphatic carbocycles. The van der Waals surface area contributed by atoms with Gasteiger partial charge < -0.3 is 4.42 Å². The van der Waals surface area contributed by atoms with Crippen LogP contribution in [-0.2, 0) is 5.75 Å². The molecule has 0 saturated carbocycles. The monoisotopic (exact) mass is 218 g/mol. The van der Waals surface area contributed by atoms with Crippen LogP contribution in [0.4, 0.5) is 0 Å². The molecule has 15 heavy (non-hydrogen) atoms. The smallest absolute Gasteiger partial charge is 0.151 e. The van der Waals surface area contributed by atoms with Gasteiger partial charge in [0.15, 0.2) is 6.29 Å². The quantitative estimate of drug-likeness (QED) is 0.582. The van der Waals surface area contributed by atoms with Crippen molar-refractivity contribution in [2.24, 2.45) is 0 Å². The summed E-state index contributed by atoms with van der Waals surface area (Å²) in [5.41, 5.74) is 0.731. The first-order chi connectivity index (χ1) is 7.40. The summed E-state index contributed by atoms with van der Waals surface area (Å²) in [6.45, 7) is 0. The summed E-state index contributed by atoms with van der Waals surface area (Å²) in [5, 5.41) is 0. The zero-order chi connectivity index (χ0) is 10.5. The van der Waals surface area contributed by atoms with Crippen molar-refractivity contribution in [1.82, 2.24) is 0 Å². The molecule has 1 heterocycles. The van der Waals surface area contributed by atoms with Crippen LogP contribution in [0.1, 0.15) is 16.1 Å². The van der Waals surface area contributed by atoms with E-state index in [0.717, 1.165) is 28.3 Å². The van der Waals surface area contributed by atoms with E-state index >= 15 is 0 Å². The Morgan fingerprint density at radius 1 is 1.20 bits per heavy atom. The maximum absolute atomic E-state index is 10.8. The summed E-state index contributed by atoms with van der Waals surface area (Å²) in [6.07, 6.45) is 2.53. The van der Waals surface area contributed by atoms with Crippen LogP contribution < -0.4 is 0 Å². The van der Waals surface area contributed by atoms with E-state index < -0.39 is 0 Å². The van der Waals surface area contributed by atoms with Crippen molar-refractivity contribution in [3.8, 4) is 0 Å². The molecule has 0 radical (unpaired) electrons. The average molecular weight is 218 g/mol. The van der Waals surface area contributed by atoms with Crippen molar-refractivity contribution in [1.29, 1.82) is 0 Å². The van der Waals surface area contributed by atoms with E-state index in [1.807, 2.05) is 36.4 Å². The highest BCUT2D eigenvalue weighted by molar-refractivity contribution is 7.98. The predicted octanol–water partition coefficient (Wildman–Crippen LogP) is 3.38. The van der Waals surface area contributed by atoms with E-state index in [-0.39, 0.29) is 0 Å². The molecule has 0 bridgehead atoms. The Balaban J connectivity index is 2.07. The topological polar surface area (TPSA) is 30.2 Å². The van der Waals surface area contributed by atoms with Crippen LogP contribution in [0.25, 0.3) is 0 Å². The molecule has 0 aliphatic heterocycles. The predicted molar refractivity (Wildman–Crippen MR) is 60.1 cm³/mol. The molecule has 1 aromatic carbocycles. The molecule has 2 nitrogen and oxygen atoms in total. The Kier molecular flexibility index (Phi) is 3.25. The minimum atomic E-state index is 0.731. The van der Waals surface area contributed by atoms with Gasteiger partial charge in [0.1, 0.15) is 5.76 Å². The lowest BCUT2D eigenvalue weighted by Gasteiger charge is -2.01. The number of hydrogen-bond donors (Lipinski definition) is 0. The van der Waals surface area contributed by atoms with Gasteiger partial charge in [0.05, 0.1) is 12.0 Å².